The summed E-state index contributed by atoms with van der Waals surface area (Å²) in [6.45, 7) is 7.24. The number of H-pyrrole nitrogens is 1. The first kappa shape index (κ1) is 18.2. The van der Waals surface area contributed by atoms with Gasteiger partial charge < -0.3 is 9.72 Å². The zero-order valence-corrected chi connectivity index (χ0v) is 15.5. The molecular weight excluding hydrogens is 351 g/mol. The number of fused-ring (bicyclic) bond motifs is 1. The Labute approximate surface area is 144 Å². The van der Waals surface area contributed by atoms with Gasteiger partial charge in [0.25, 0.3) is 5.56 Å². The van der Waals surface area contributed by atoms with Gasteiger partial charge in [-0.3, -0.25) is 9.36 Å². The molecule has 0 aromatic carbocycles. The SMILES string of the molecule is C[Si](C)(C)CCOCn1c(C2CC2)nc2c(C(F)(F)F)c[nH]c(=O)c21. The molecule has 1 aliphatic rings. The second kappa shape index (κ2) is 6.28. The van der Waals surface area contributed by atoms with Crippen molar-refractivity contribution in [3.8, 4) is 0 Å². The predicted molar refractivity (Wildman–Crippen MR) is 91.4 cm³/mol. The summed E-state index contributed by atoms with van der Waals surface area (Å²) in [5, 5.41) is 0. The molecule has 2 heterocycles. The molecule has 2 aromatic heterocycles. The van der Waals surface area contributed by atoms with Crippen LogP contribution in [0.1, 0.15) is 30.1 Å². The van der Waals surface area contributed by atoms with Crippen LogP contribution < -0.4 is 5.56 Å². The highest BCUT2D eigenvalue weighted by Crippen LogP contribution is 2.42. The van der Waals surface area contributed by atoms with Gasteiger partial charge >= 0.3 is 6.18 Å². The fraction of sp³-hybridized carbons (Fsp3) is 0.625. The molecule has 138 valence electrons. The molecule has 1 aliphatic carbocycles. The normalized spacial score (nSPS) is 15.9. The average molecular weight is 373 g/mol. The summed E-state index contributed by atoms with van der Waals surface area (Å²) in [5.74, 6) is 0.624. The van der Waals surface area contributed by atoms with E-state index in [4.69, 9.17) is 4.74 Å². The van der Waals surface area contributed by atoms with Crippen LogP contribution in [0.2, 0.25) is 25.7 Å². The standard InChI is InChI=1S/C16H22F3N3O2Si/c1-25(2,3)7-6-24-9-22-13-12(21-14(22)10-4-5-10)11(16(17,18)19)8-20-15(13)23/h8,10H,4-7,9H2,1-3H3,(H,20,23). The van der Waals surface area contributed by atoms with Crippen LogP contribution in [-0.2, 0) is 17.6 Å². The Kier molecular flexibility index (Phi) is 4.57. The summed E-state index contributed by atoms with van der Waals surface area (Å²) in [7, 11) is -1.27. The molecule has 5 nitrogen and oxygen atoms in total. The van der Waals surface area contributed by atoms with Crippen LogP contribution in [0.5, 0.6) is 0 Å². The van der Waals surface area contributed by atoms with E-state index in [2.05, 4.69) is 29.6 Å². The molecule has 0 spiro atoms. The molecule has 1 N–H and O–H groups in total. The number of nitrogens with zero attached hydrogens (tertiary/aromatic N) is 2. The van der Waals surface area contributed by atoms with Crippen molar-refractivity contribution in [2.24, 2.45) is 0 Å². The Morgan fingerprint density at radius 3 is 2.60 bits per heavy atom. The number of pyridine rings is 1. The third-order valence-electron chi connectivity index (χ3n) is 4.28. The highest BCUT2D eigenvalue weighted by Gasteiger charge is 2.37. The van der Waals surface area contributed by atoms with Gasteiger partial charge in [-0.15, -0.1) is 0 Å². The Hall–Kier alpha value is -1.61. The first-order chi connectivity index (χ1) is 11.6. The first-order valence-electron chi connectivity index (χ1n) is 8.35. The van der Waals surface area contributed by atoms with E-state index < -0.39 is 25.4 Å². The van der Waals surface area contributed by atoms with Crippen molar-refractivity contribution in [3.63, 3.8) is 0 Å². The maximum Gasteiger partial charge on any atom is 0.419 e. The summed E-state index contributed by atoms with van der Waals surface area (Å²) in [6.07, 6.45) is -2.12. The number of nitrogens with one attached hydrogen (secondary N) is 1. The third-order valence-corrected chi connectivity index (χ3v) is 5.98. The van der Waals surface area contributed by atoms with E-state index in [0.717, 1.165) is 18.9 Å². The average Bonchev–Trinajstić information content (AvgIpc) is 3.23. The molecule has 0 radical (unpaired) electrons. The van der Waals surface area contributed by atoms with E-state index in [-0.39, 0.29) is 23.7 Å². The first-order valence-corrected chi connectivity index (χ1v) is 12.1. The fourth-order valence-corrected chi connectivity index (χ4v) is 3.45. The van der Waals surface area contributed by atoms with Crippen LogP contribution in [-0.4, -0.2) is 29.2 Å². The maximum atomic E-state index is 13.2. The van der Waals surface area contributed by atoms with Crippen molar-refractivity contribution >= 4 is 19.1 Å². The molecular formula is C16H22F3N3O2Si. The third kappa shape index (κ3) is 3.97. The molecule has 1 saturated carbocycles. The topological polar surface area (TPSA) is 59.9 Å². The van der Waals surface area contributed by atoms with Crippen molar-refractivity contribution in [1.29, 1.82) is 0 Å². The molecule has 2 aromatic rings. The van der Waals surface area contributed by atoms with Gasteiger partial charge in [-0.1, -0.05) is 19.6 Å². The molecule has 3 rings (SSSR count). The minimum absolute atomic E-state index is 0.0512. The molecule has 25 heavy (non-hydrogen) atoms. The highest BCUT2D eigenvalue weighted by molar-refractivity contribution is 6.76. The van der Waals surface area contributed by atoms with Crippen LogP contribution in [0.4, 0.5) is 13.2 Å². The zero-order valence-electron chi connectivity index (χ0n) is 14.5. The van der Waals surface area contributed by atoms with Crippen LogP contribution in [0, 0.1) is 0 Å². The van der Waals surface area contributed by atoms with Crippen LogP contribution in [0.25, 0.3) is 11.0 Å². The van der Waals surface area contributed by atoms with Gasteiger partial charge in [-0.05, 0) is 18.9 Å². The second-order valence-corrected chi connectivity index (χ2v) is 13.4. The number of aromatic amines is 1. The number of rotatable bonds is 6. The smallest absolute Gasteiger partial charge is 0.361 e. The van der Waals surface area contributed by atoms with E-state index in [1.54, 1.807) is 0 Å². The molecule has 1 fully saturated rings. The molecule has 0 unspecified atom stereocenters. The summed E-state index contributed by atoms with van der Waals surface area (Å²) < 4.78 is 46.9. The summed E-state index contributed by atoms with van der Waals surface area (Å²) in [6, 6.07) is 0.947. The van der Waals surface area contributed by atoms with Gasteiger partial charge in [0.1, 0.15) is 23.6 Å². The molecule has 0 atom stereocenters. The summed E-state index contributed by atoms with van der Waals surface area (Å²) >= 11 is 0. The zero-order chi connectivity index (χ0) is 18.4. The van der Waals surface area contributed by atoms with Gasteiger partial charge in [0, 0.05) is 26.8 Å². The summed E-state index contributed by atoms with van der Waals surface area (Å²) in [5.41, 5.74) is -1.82. The predicted octanol–water partition coefficient (Wildman–Crippen LogP) is 3.93. The minimum atomic E-state index is -4.57. The second-order valence-electron chi connectivity index (χ2n) is 7.75. The molecule has 0 aliphatic heterocycles. The van der Waals surface area contributed by atoms with Crippen molar-refractivity contribution in [2.45, 2.75) is 57.4 Å². The number of ether oxygens (including phenoxy) is 1. The number of halogens is 3. The number of hydrogen-bond donors (Lipinski definition) is 1. The van der Waals surface area contributed by atoms with E-state index in [1.807, 2.05) is 0 Å². The van der Waals surface area contributed by atoms with Crippen LogP contribution in [0.3, 0.4) is 0 Å². The van der Waals surface area contributed by atoms with Gasteiger partial charge in [-0.2, -0.15) is 13.2 Å². The lowest BCUT2D eigenvalue weighted by atomic mass is 10.2. The maximum absolute atomic E-state index is 13.2. The van der Waals surface area contributed by atoms with Gasteiger partial charge in [0.2, 0.25) is 0 Å². The van der Waals surface area contributed by atoms with Crippen LogP contribution in [0.15, 0.2) is 11.0 Å². The van der Waals surface area contributed by atoms with E-state index >= 15 is 0 Å². The minimum Gasteiger partial charge on any atom is -0.361 e. The fourth-order valence-electron chi connectivity index (χ4n) is 2.70. The Morgan fingerprint density at radius 1 is 1.36 bits per heavy atom. The van der Waals surface area contributed by atoms with Crippen molar-refractivity contribution < 1.29 is 17.9 Å². The largest absolute Gasteiger partial charge is 0.419 e. The number of alkyl halides is 3. The Morgan fingerprint density at radius 2 is 2.04 bits per heavy atom. The van der Waals surface area contributed by atoms with Crippen molar-refractivity contribution in [3.05, 3.63) is 27.9 Å². The summed E-state index contributed by atoms with van der Waals surface area (Å²) in [4.78, 5) is 18.6. The highest BCUT2D eigenvalue weighted by atomic mass is 28.3. The van der Waals surface area contributed by atoms with Gasteiger partial charge in [-0.25, -0.2) is 4.98 Å². The molecule has 0 amide bonds. The van der Waals surface area contributed by atoms with E-state index in [0.29, 0.717) is 18.6 Å². The van der Waals surface area contributed by atoms with E-state index in [1.165, 1.54) is 4.57 Å². The Bertz CT molecular complexity index is 832. The van der Waals surface area contributed by atoms with E-state index in [9.17, 15) is 18.0 Å². The van der Waals surface area contributed by atoms with Crippen molar-refractivity contribution in [1.82, 2.24) is 14.5 Å². The lowest BCUT2D eigenvalue weighted by molar-refractivity contribution is -0.136. The number of aromatic nitrogens is 3. The molecule has 9 heteroatoms. The van der Waals surface area contributed by atoms with Crippen molar-refractivity contribution in [2.75, 3.05) is 6.61 Å². The van der Waals surface area contributed by atoms with Gasteiger partial charge in [0.15, 0.2) is 0 Å². The quantitative estimate of drug-likeness (QED) is 0.616. The van der Waals surface area contributed by atoms with Crippen LogP contribution >= 0.6 is 0 Å². The molecule has 0 saturated heterocycles. The lowest BCUT2D eigenvalue weighted by Crippen LogP contribution is -2.22. The Balaban J connectivity index is 1.98. The number of imidazole rings is 1. The monoisotopic (exact) mass is 373 g/mol. The molecule has 0 bridgehead atoms. The number of hydrogen-bond acceptors (Lipinski definition) is 3. The lowest BCUT2D eigenvalue weighted by Gasteiger charge is -2.16. The van der Waals surface area contributed by atoms with Gasteiger partial charge in [0.05, 0.1) is 5.56 Å².